The first-order chi connectivity index (χ1) is 9.61. The average Bonchev–Trinajstić information content (AvgIpc) is 2.46. The summed E-state index contributed by atoms with van der Waals surface area (Å²) in [7, 11) is 3.54. The molecule has 2 aromatic rings. The van der Waals surface area contributed by atoms with E-state index >= 15 is 0 Å². The van der Waals surface area contributed by atoms with Crippen LogP contribution in [0.4, 0.5) is 5.69 Å². The highest BCUT2D eigenvalue weighted by Crippen LogP contribution is 2.18. The van der Waals surface area contributed by atoms with Crippen molar-refractivity contribution < 1.29 is 9.90 Å². The van der Waals surface area contributed by atoms with Crippen LogP contribution in [0.1, 0.15) is 15.9 Å². The molecule has 20 heavy (non-hydrogen) atoms. The fraction of sp³-hybridized carbons (Fsp3) is 0.188. The molecule has 0 aliphatic rings. The molecule has 0 spiro atoms. The zero-order chi connectivity index (χ0) is 14.5. The third-order valence-corrected chi connectivity index (χ3v) is 3.10. The first-order valence-corrected chi connectivity index (χ1v) is 6.42. The molecule has 4 heteroatoms. The van der Waals surface area contributed by atoms with Crippen molar-refractivity contribution in [3.05, 3.63) is 59.7 Å². The Kier molecular flexibility index (Phi) is 4.25. The summed E-state index contributed by atoms with van der Waals surface area (Å²) in [6, 6.07) is 14.3. The molecule has 0 fully saturated rings. The van der Waals surface area contributed by atoms with Gasteiger partial charge in [0, 0.05) is 26.3 Å². The summed E-state index contributed by atoms with van der Waals surface area (Å²) in [4.78, 5) is 14.1. The van der Waals surface area contributed by atoms with Crippen LogP contribution in [0.15, 0.2) is 48.5 Å². The first-order valence-electron chi connectivity index (χ1n) is 6.42. The SMILES string of the molecule is CNc1ccccc1C(=O)N(C)Cc1cccc(O)c1. The standard InChI is InChI=1S/C16H18N2O2/c1-17-15-9-4-3-8-14(15)16(20)18(2)11-12-6-5-7-13(19)10-12/h3-10,17,19H,11H2,1-2H3. The molecular formula is C16H18N2O2. The van der Waals surface area contributed by atoms with E-state index in [0.29, 0.717) is 12.1 Å². The van der Waals surface area contributed by atoms with Crippen molar-refractivity contribution in [3.8, 4) is 5.75 Å². The molecule has 0 heterocycles. The topological polar surface area (TPSA) is 52.6 Å². The fourth-order valence-electron chi connectivity index (χ4n) is 2.09. The minimum Gasteiger partial charge on any atom is -0.508 e. The normalized spacial score (nSPS) is 10.1. The zero-order valence-corrected chi connectivity index (χ0v) is 11.6. The number of hydrogen-bond donors (Lipinski definition) is 2. The summed E-state index contributed by atoms with van der Waals surface area (Å²) in [5.41, 5.74) is 2.33. The number of amides is 1. The molecule has 2 rings (SSSR count). The summed E-state index contributed by atoms with van der Waals surface area (Å²) >= 11 is 0. The van der Waals surface area contributed by atoms with Crippen LogP contribution in [-0.2, 0) is 6.54 Å². The molecular weight excluding hydrogens is 252 g/mol. The lowest BCUT2D eigenvalue weighted by molar-refractivity contribution is 0.0786. The van der Waals surface area contributed by atoms with Gasteiger partial charge in [-0.3, -0.25) is 4.79 Å². The van der Waals surface area contributed by atoms with Crippen LogP contribution >= 0.6 is 0 Å². The van der Waals surface area contributed by atoms with E-state index in [-0.39, 0.29) is 11.7 Å². The average molecular weight is 270 g/mol. The monoisotopic (exact) mass is 270 g/mol. The lowest BCUT2D eigenvalue weighted by atomic mass is 10.1. The molecule has 0 saturated carbocycles. The molecule has 4 nitrogen and oxygen atoms in total. The molecule has 1 amide bonds. The molecule has 0 atom stereocenters. The predicted molar refractivity (Wildman–Crippen MR) is 79.9 cm³/mol. The van der Waals surface area contributed by atoms with Gasteiger partial charge in [0.25, 0.3) is 5.91 Å². The number of nitrogens with zero attached hydrogens (tertiary/aromatic N) is 1. The van der Waals surface area contributed by atoms with Crippen molar-refractivity contribution in [2.45, 2.75) is 6.54 Å². The number of carbonyl (C=O) groups is 1. The number of nitrogens with one attached hydrogen (secondary N) is 1. The lowest BCUT2D eigenvalue weighted by Gasteiger charge is -2.19. The van der Waals surface area contributed by atoms with Crippen molar-refractivity contribution in [1.82, 2.24) is 4.90 Å². The molecule has 0 radical (unpaired) electrons. The Morgan fingerprint density at radius 1 is 1.20 bits per heavy atom. The van der Waals surface area contributed by atoms with Gasteiger partial charge in [-0.15, -0.1) is 0 Å². The number of hydrogen-bond acceptors (Lipinski definition) is 3. The summed E-state index contributed by atoms with van der Waals surface area (Å²) < 4.78 is 0. The minimum atomic E-state index is -0.0571. The quantitative estimate of drug-likeness (QED) is 0.898. The predicted octanol–water partition coefficient (Wildman–Crippen LogP) is 2.71. The Balaban J connectivity index is 2.16. The van der Waals surface area contributed by atoms with Crippen LogP contribution in [0.3, 0.4) is 0 Å². The number of anilines is 1. The lowest BCUT2D eigenvalue weighted by Crippen LogP contribution is -2.26. The van der Waals surface area contributed by atoms with Crippen LogP contribution in [0.25, 0.3) is 0 Å². The highest BCUT2D eigenvalue weighted by Gasteiger charge is 2.15. The fourth-order valence-corrected chi connectivity index (χ4v) is 2.09. The largest absolute Gasteiger partial charge is 0.508 e. The molecule has 2 N–H and O–H groups in total. The molecule has 2 aromatic carbocycles. The Labute approximate surface area is 118 Å². The maximum Gasteiger partial charge on any atom is 0.255 e. The summed E-state index contributed by atoms with van der Waals surface area (Å²) in [5.74, 6) is 0.150. The number of carbonyl (C=O) groups excluding carboxylic acids is 1. The van der Waals surface area contributed by atoms with Gasteiger partial charge in [-0.05, 0) is 29.8 Å². The summed E-state index contributed by atoms with van der Waals surface area (Å²) in [6.45, 7) is 0.450. The van der Waals surface area contributed by atoms with Crippen molar-refractivity contribution in [3.63, 3.8) is 0 Å². The van der Waals surface area contributed by atoms with Gasteiger partial charge in [-0.2, -0.15) is 0 Å². The van der Waals surface area contributed by atoms with Gasteiger partial charge in [0.2, 0.25) is 0 Å². The molecule has 0 aliphatic carbocycles. The number of rotatable bonds is 4. The number of phenols is 1. The highest BCUT2D eigenvalue weighted by molar-refractivity contribution is 5.99. The van der Waals surface area contributed by atoms with Gasteiger partial charge in [0.05, 0.1) is 5.56 Å². The molecule has 104 valence electrons. The molecule has 0 aromatic heterocycles. The van der Waals surface area contributed by atoms with Gasteiger partial charge in [-0.1, -0.05) is 24.3 Å². The van der Waals surface area contributed by atoms with E-state index in [1.54, 1.807) is 43.3 Å². The number of phenolic OH excluding ortho intramolecular Hbond substituents is 1. The maximum absolute atomic E-state index is 12.4. The van der Waals surface area contributed by atoms with E-state index < -0.39 is 0 Å². The van der Waals surface area contributed by atoms with E-state index in [4.69, 9.17) is 0 Å². The van der Waals surface area contributed by atoms with Gasteiger partial charge < -0.3 is 15.3 Å². The second-order valence-corrected chi connectivity index (χ2v) is 4.63. The molecule has 0 saturated heterocycles. The summed E-state index contributed by atoms with van der Waals surface area (Å²) in [6.07, 6.45) is 0. The minimum absolute atomic E-state index is 0.0571. The molecule has 0 aliphatic heterocycles. The highest BCUT2D eigenvalue weighted by atomic mass is 16.3. The van der Waals surface area contributed by atoms with Crippen molar-refractivity contribution in [1.29, 1.82) is 0 Å². The van der Waals surface area contributed by atoms with E-state index in [1.165, 1.54) is 0 Å². The van der Waals surface area contributed by atoms with E-state index in [9.17, 15) is 9.90 Å². The Morgan fingerprint density at radius 2 is 1.95 bits per heavy atom. The number of aromatic hydroxyl groups is 1. The van der Waals surface area contributed by atoms with Crippen molar-refractivity contribution in [2.75, 3.05) is 19.4 Å². The Hall–Kier alpha value is -2.49. The van der Waals surface area contributed by atoms with Crippen LogP contribution in [0.5, 0.6) is 5.75 Å². The molecule has 0 unspecified atom stereocenters. The number of para-hydroxylation sites is 1. The van der Waals surface area contributed by atoms with E-state index in [0.717, 1.165) is 11.3 Å². The van der Waals surface area contributed by atoms with Crippen molar-refractivity contribution in [2.24, 2.45) is 0 Å². The van der Waals surface area contributed by atoms with Gasteiger partial charge in [0.1, 0.15) is 5.75 Å². The number of benzene rings is 2. The van der Waals surface area contributed by atoms with Gasteiger partial charge in [-0.25, -0.2) is 0 Å². The third kappa shape index (κ3) is 3.09. The van der Waals surface area contributed by atoms with Crippen molar-refractivity contribution >= 4 is 11.6 Å². The Bertz CT molecular complexity index is 611. The van der Waals surface area contributed by atoms with E-state index in [2.05, 4.69) is 5.32 Å². The second kappa shape index (κ2) is 6.10. The zero-order valence-electron chi connectivity index (χ0n) is 11.6. The smallest absolute Gasteiger partial charge is 0.255 e. The first kappa shape index (κ1) is 13.9. The van der Waals surface area contributed by atoms with E-state index in [1.807, 2.05) is 24.3 Å². The van der Waals surface area contributed by atoms with Gasteiger partial charge >= 0.3 is 0 Å². The third-order valence-electron chi connectivity index (χ3n) is 3.10. The van der Waals surface area contributed by atoms with Gasteiger partial charge in [0.15, 0.2) is 0 Å². The molecule has 0 bridgehead atoms. The van der Waals surface area contributed by atoms with Crippen LogP contribution in [-0.4, -0.2) is 30.0 Å². The van der Waals surface area contributed by atoms with Crippen LogP contribution < -0.4 is 5.32 Å². The Morgan fingerprint density at radius 3 is 2.65 bits per heavy atom. The van der Waals surface area contributed by atoms with Crippen LogP contribution in [0, 0.1) is 0 Å². The van der Waals surface area contributed by atoms with Crippen LogP contribution in [0.2, 0.25) is 0 Å². The summed E-state index contributed by atoms with van der Waals surface area (Å²) in [5, 5.41) is 12.5. The second-order valence-electron chi connectivity index (χ2n) is 4.63. The maximum atomic E-state index is 12.4.